The summed E-state index contributed by atoms with van der Waals surface area (Å²) in [6.07, 6.45) is 3.94. The molecule has 2 amide bonds. The van der Waals surface area contributed by atoms with Gasteiger partial charge in [0.2, 0.25) is 11.8 Å². The van der Waals surface area contributed by atoms with Crippen molar-refractivity contribution >= 4 is 11.8 Å². The minimum absolute atomic E-state index is 0.133. The number of nitrogens with one attached hydrogen (secondary N) is 1. The van der Waals surface area contributed by atoms with E-state index in [2.05, 4.69) is 12.2 Å². The molecule has 0 spiro atoms. The second-order valence-electron chi connectivity index (χ2n) is 7.98. The van der Waals surface area contributed by atoms with Gasteiger partial charge in [-0.05, 0) is 56.8 Å². The third-order valence-corrected chi connectivity index (χ3v) is 5.92. The smallest absolute Gasteiger partial charge is 0.225 e. The van der Waals surface area contributed by atoms with Gasteiger partial charge >= 0.3 is 0 Å². The van der Waals surface area contributed by atoms with Gasteiger partial charge in [0.05, 0.1) is 7.11 Å². The summed E-state index contributed by atoms with van der Waals surface area (Å²) in [5, 5.41) is 3.41. The zero-order chi connectivity index (χ0) is 19.9. The Labute approximate surface area is 168 Å². The first kappa shape index (κ1) is 20.6. The number of ether oxygens (including phenoxy) is 1. The molecule has 0 radical (unpaired) electrons. The summed E-state index contributed by atoms with van der Waals surface area (Å²) in [5.74, 6) is 1.42. The molecule has 6 nitrogen and oxygen atoms in total. The van der Waals surface area contributed by atoms with Gasteiger partial charge in [-0.2, -0.15) is 0 Å². The predicted octanol–water partition coefficient (Wildman–Crippen LogP) is 2.08. The SMILES string of the molecule is COc1ccc(CCC(=O)N2CCCN(C(=O)[C@H]3CCN[C@@H](C)C3)CC2)cc1. The van der Waals surface area contributed by atoms with E-state index in [1.54, 1.807) is 7.11 Å². The Morgan fingerprint density at radius 2 is 1.82 bits per heavy atom. The van der Waals surface area contributed by atoms with Gasteiger partial charge < -0.3 is 19.9 Å². The molecule has 1 N–H and O–H groups in total. The van der Waals surface area contributed by atoms with Gasteiger partial charge in [0.25, 0.3) is 0 Å². The van der Waals surface area contributed by atoms with Crippen molar-refractivity contribution in [2.45, 2.75) is 45.1 Å². The molecule has 28 heavy (non-hydrogen) atoms. The maximum absolute atomic E-state index is 12.9. The van der Waals surface area contributed by atoms with Crippen molar-refractivity contribution in [3.63, 3.8) is 0 Å². The molecule has 1 aromatic carbocycles. The molecular weight excluding hydrogens is 354 g/mol. The molecule has 0 aromatic heterocycles. The number of rotatable bonds is 5. The molecule has 2 aliphatic rings. The summed E-state index contributed by atoms with van der Waals surface area (Å²) in [7, 11) is 1.65. The van der Waals surface area contributed by atoms with E-state index in [1.807, 2.05) is 34.1 Å². The van der Waals surface area contributed by atoms with Gasteiger partial charge in [0.1, 0.15) is 5.75 Å². The number of amides is 2. The second kappa shape index (κ2) is 9.92. The summed E-state index contributed by atoms with van der Waals surface area (Å²) in [4.78, 5) is 29.5. The Morgan fingerprint density at radius 3 is 2.54 bits per heavy atom. The summed E-state index contributed by atoms with van der Waals surface area (Å²) < 4.78 is 5.17. The van der Waals surface area contributed by atoms with Crippen molar-refractivity contribution in [1.29, 1.82) is 0 Å². The minimum atomic E-state index is 0.133. The number of benzene rings is 1. The van der Waals surface area contributed by atoms with Gasteiger partial charge in [0.15, 0.2) is 0 Å². The Kier molecular flexibility index (Phi) is 7.31. The number of piperidine rings is 1. The zero-order valence-electron chi connectivity index (χ0n) is 17.2. The fraction of sp³-hybridized carbons (Fsp3) is 0.636. The molecule has 0 bridgehead atoms. The molecule has 2 heterocycles. The van der Waals surface area contributed by atoms with E-state index in [-0.39, 0.29) is 17.7 Å². The van der Waals surface area contributed by atoms with E-state index in [9.17, 15) is 9.59 Å². The number of hydrogen-bond acceptors (Lipinski definition) is 4. The van der Waals surface area contributed by atoms with E-state index in [1.165, 1.54) is 0 Å². The van der Waals surface area contributed by atoms with E-state index < -0.39 is 0 Å². The van der Waals surface area contributed by atoms with Crippen LogP contribution in [0.5, 0.6) is 5.75 Å². The van der Waals surface area contributed by atoms with Gasteiger partial charge in [0, 0.05) is 44.6 Å². The molecule has 2 fully saturated rings. The van der Waals surface area contributed by atoms with E-state index in [0.29, 0.717) is 25.6 Å². The van der Waals surface area contributed by atoms with Crippen LogP contribution in [0.3, 0.4) is 0 Å². The van der Waals surface area contributed by atoms with Crippen molar-refractivity contribution in [2.24, 2.45) is 5.92 Å². The van der Waals surface area contributed by atoms with Gasteiger partial charge in [-0.3, -0.25) is 9.59 Å². The zero-order valence-corrected chi connectivity index (χ0v) is 17.2. The lowest BCUT2D eigenvalue weighted by atomic mass is 9.92. The van der Waals surface area contributed by atoms with Crippen LogP contribution in [0.15, 0.2) is 24.3 Å². The first-order valence-electron chi connectivity index (χ1n) is 10.5. The van der Waals surface area contributed by atoms with Crippen molar-refractivity contribution in [2.75, 3.05) is 39.8 Å². The highest BCUT2D eigenvalue weighted by Crippen LogP contribution is 2.20. The molecule has 2 atom stereocenters. The van der Waals surface area contributed by atoms with Crippen LogP contribution in [0.1, 0.15) is 38.2 Å². The van der Waals surface area contributed by atoms with Crippen molar-refractivity contribution in [3.05, 3.63) is 29.8 Å². The molecule has 3 rings (SSSR count). The average Bonchev–Trinajstić information content (AvgIpc) is 2.98. The van der Waals surface area contributed by atoms with Crippen LogP contribution in [0, 0.1) is 5.92 Å². The lowest BCUT2D eigenvalue weighted by Gasteiger charge is -2.31. The van der Waals surface area contributed by atoms with E-state index in [4.69, 9.17) is 4.74 Å². The summed E-state index contributed by atoms with van der Waals surface area (Å²) >= 11 is 0. The van der Waals surface area contributed by atoms with Crippen LogP contribution in [0.25, 0.3) is 0 Å². The normalized spacial score (nSPS) is 23.2. The highest BCUT2D eigenvalue weighted by Gasteiger charge is 2.30. The lowest BCUT2D eigenvalue weighted by molar-refractivity contribution is -0.137. The van der Waals surface area contributed by atoms with Gasteiger partial charge in [-0.1, -0.05) is 12.1 Å². The summed E-state index contributed by atoms with van der Waals surface area (Å²) in [6.45, 7) is 5.87. The third-order valence-electron chi connectivity index (χ3n) is 5.92. The molecule has 0 saturated carbocycles. The summed E-state index contributed by atoms with van der Waals surface area (Å²) in [6, 6.07) is 8.28. The molecule has 2 aliphatic heterocycles. The molecule has 154 valence electrons. The van der Waals surface area contributed by atoms with Crippen molar-refractivity contribution < 1.29 is 14.3 Å². The van der Waals surface area contributed by atoms with Crippen LogP contribution in [0.4, 0.5) is 0 Å². The Balaban J connectivity index is 1.47. The number of carbonyl (C=O) groups excluding carboxylic acids is 2. The van der Waals surface area contributed by atoms with E-state index >= 15 is 0 Å². The average molecular weight is 388 g/mol. The fourth-order valence-corrected chi connectivity index (χ4v) is 4.20. The van der Waals surface area contributed by atoms with Crippen LogP contribution in [-0.4, -0.2) is 67.5 Å². The molecule has 0 aliphatic carbocycles. The molecule has 1 aromatic rings. The minimum Gasteiger partial charge on any atom is -0.497 e. The molecule has 0 unspecified atom stereocenters. The number of nitrogens with zero attached hydrogens (tertiary/aromatic N) is 2. The maximum atomic E-state index is 12.9. The van der Waals surface area contributed by atoms with Crippen LogP contribution >= 0.6 is 0 Å². The first-order valence-corrected chi connectivity index (χ1v) is 10.5. The number of hydrogen-bond donors (Lipinski definition) is 1. The van der Waals surface area contributed by atoms with Crippen molar-refractivity contribution in [1.82, 2.24) is 15.1 Å². The Hall–Kier alpha value is -2.08. The molecular formula is C22H33N3O3. The molecule has 6 heteroatoms. The van der Waals surface area contributed by atoms with Gasteiger partial charge in [-0.25, -0.2) is 0 Å². The maximum Gasteiger partial charge on any atom is 0.225 e. The van der Waals surface area contributed by atoms with Crippen LogP contribution in [-0.2, 0) is 16.0 Å². The number of carbonyl (C=O) groups is 2. The summed E-state index contributed by atoms with van der Waals surface area (Å²) in [5.41, 5.74) is 1.14. The topological polar surface area (TPSA) is 61.9 Å². The Morgan fingerprint density at radius 1 is 1.11 bits per heavy atom. The standard InChI is InChI=1S/C22H33N3O3/c1-17-16-19(10-11-23-17)22(27)25-13-3-12-24(14-15-25)21(26)9-6-18-4-7-20(28-2)8-5-18/h4-5,7-8,17,19,23H,3,6,9-16H2,1-2H3/t17-,19-/m0/s1. The first-order chi connectivity index (χ1) is 13.6. The molecule has 2 saturated heterocycles. The predicted molar refractivity (Wildman–Crippen MR) is 109 cm³/mol. The highest BCUT2D eigenvalue weighted by atomic mass is 16.5. The number of methoxy groups -OCH3 is 1. The third kappa shape index (κ3) is 5.47. The Bertz CT molecular complexity index is 661. The highest BCUT2D eigenvalue weighted by molar-refractivity contribution is 5.79. The van der Waals surface area contributed by atoms with Gasteiger partial charge in [-0.15, -0.1) is 0 Å². The second-order valence-corrected chi connectivity index (χ2v) is 7.98. The fourth-order valence-electron chi connectivity index (χ4n) is 4.20. The largest absolute Gasteiger partial charge is 0.497 e. The number of aryl methyl sites for hydroxylation is 1. The monoisotopic (exact) mass is 387 g/mol. The van der Waals surface area contributed by atoms with Crippen LogP contribution in [0.2, 0.25) is 0 Å². The van der Waals surface area contributed by atoms with E-state index in [0.717, 1.165) is 56.6 Å². The lowest BCUT2D eigenvalue weighted by Crippen LogP contribution is -2.45. The quantitative estimate of drug-likeness (QED) is 0.840. The van der Waals surface area contributed by atoms with Crippen LogP contribution < -0.4 is 10.1 Å². The van der Waals surface area contributed by atoms with Crippen molar-refractivity contribution in [3.8, 4) is 5.75 Å².